The van der Waals surface area contributed by atoms with Crippen LogP contribution >= 0.6 is 0 Å². The SMILES string of the molecule is COc1cccc(OC)c1C(=O)Oc1ccc2c(=O)c(Oc3cc(C)cc(C)c3)coc2c1. The number of hydrogen-bond donors (Lipinski definition) is 0. The third-order valence-electron chi connectivity index (χ3n) is 4.98. The summed E-state index contributed by atoms with van der Waals surface area (Å²) in [5.41, 5.74) is 2.12. The van der Waals surface area contributed by atoms with Gasteiger partial charge in [0.05, 0.1) is 19.6 Å². The number of carbonyl (C=O) groups excluding carboxylic acids is 1. The van der Waals surface area contributed by atoms with E-state index in [2.05, 4.69) is 0 Å². The first-order valence-electron chi connectivity index (χ1n) is 10.1. The lowest BCUT2D eigenvalue weighted by molar-refractivity contribution is 0.0727. The summed E-state index contributed by atoms with van der Waals surface area (Å²) < 4.78 is 27.4. The van der Waals surface area contributed by atoms with Crippen molar-refractivity contribution in [3.05, 3.63) is 87.8 Å². The van der Waals surface area contributed by atoms with Crippen molar-refractivity contribution in [1.29, 1.82) is 0 Å². The van der Waals surface area contributed by atoms with E-state index in [4.69, 9.17) is 23.4 Å². The summed E-state index contributed by atoms with van der Waals surface area (Å²) in [4.78, 5) is 25.7. The Labute approximate surface area is 190 Å². The number of hydrogen-bond acceptors (Lipinski definition) is 7. The quantitative estimate of drug-likeness (QED) is 0.288. The molecule has 0 amide bonds. The fourth-order valence-corrected chi connectivity index (χ4v) is 3.55. The van der Waals surface area contributed by atoms with Crippen LogP contribution in [0, 0.1) is 13.8 Å². The molecular formula is C26H22O7. The van der Waals surface area contributed by atoms with Gasteiger partial charge in [-0.05, 0) is 61.4 Å². The summed E-state index contributed by atoms with van der Waals surface area (Å²) in [6.45, 7) is 3.90. The molecule has 0 aliphatic heterocycles. The first-order chi connectivity index (χ1) is 15.9. The van der Waals surface area contributed by atoms with Crippen molar-refractivity contribution in [2.75, 3.05) is 14.2 Å². The summed E-state index contributed by atoms with van der Waals surface area (Å²) in [7, 11) is 2.90. The van der Waals surface area contributed by atoms with E-state index in [1.165, 1.54) is 38.7 Å². The van der Waals surface area contributed by atoms with Gasteiger partial charge in [-0.3, -0.25) is 4.79 Å². The lowest BCUT2D eigenvalue weighted by atomic mass is 10.1. The number of benzene rings is 3. The van der Waals surface area contributed by atoms with Crippen LogP contribution in [0.25, 0.3) is 11.0 Å². The van der Waals surface area contributed by atoms with E-state index < -0.39 is 5.97 Å². The topological polar surface area (TPSA) is 84.2 Å². The highest BCUT2D eigenvalue weighted by molar-refractivity contribution is 5.97. The predicted molar refractivity (Wildman–Crippen MR) is 123 cm³/mol. The molecule has 0 spiro atoms. The van der Waals surface area contributed by atoms with E-state index in [1.807, 2.05) is 32.0 Å². The molecule has 0 fully saturated rings. The predicted octanol–water partition coefficient (Wildman–Crippen LogP) is 5.44. The molecule has 3 aromatic carbocycles. The molecule has 4 aromatic rings. The van der Waals surface area contributed by atoms with E-state index in [9.17, 15) is 9.59 Å². The summed E-state index contributed by atoms with van der Waals surface area (Å²) in [5.74, 6) is 0.790. The molecule has 0 aliphatic rings. The molecule has 0 atom stereocenters. The maximum Gasteiger partial charge on any atom is 0.351 e. The minimum absolute atomic E-state index is 0.0657. The first-order valence-corrected chi connectivity index (χ1v) is 10.1. The number of fused-ring (bicyclic) bond motifs is 1. The van der Waals surface area contributed by atoms with Crippen molar-refractivity contribution in [3.63, 3.8) is 0 Å². The molecule has 4 rings (SSSR count). The highest BCUT2D eigenvalue weighted by Crippen LogP contribution is 2.30. The minimum Gasteiger partial charge on any atom is -0.496 e. The van der Waals surface area contributed by atoms with E-state index >= 15 is 0 Å². The number of aryl methyl sites for hydroxylation is 2. The lowest BCUT2D eigenvalue weighted by Crippen LogP contribution is -2.12. The van der Waals surface area contributed by atoms with Gasteiger partial charge in [0.1, 0.15) is 40.4 Å². The van der Waals surface area contributed by atoms with Crippen LogP contribution in [-0.4, -0.2) is 20.2 Å². The molecule has 0 radical (unpaired) electrons. The zero-order valence-corrected chi connectivity index (χ0v) is 18.6. The van der Waals surface area contributed by atoms with Gasteiger partial charge in [-0.25, -0.2) is 4.79 Å². The van der Waals surface area contributed by atoms with Gasteiger partial charge < -0.3 is 23.4 Å². The average Bonchev–Trinajstić information content (AvgIpc) is 2.79. The fourth-order valence-electron chi connectivity index (χ4n) is 3.55. The molecule has 33 heavy (non-hydrogen) atoms. The smallest absolute Gasteiger partial charge is 0.351 e. The number of ether oxygens (including phenoxy) is 4. The van der Waals surface area contributed by atoms with Crippen LogP contribution < -0.4 is 24.4 Å². The van der Waals surface area contributed by atoms with Crippen molar-refractivity contribution >= 4 is 16.9 Å². The molecule has 1 heterocycles. The van der Waals surface area contributed by atoms with Crippen molar-refractivity contribution in [3.8, 4) is 28.7 Å². The van der Waals surface area contributed by atoms with Crippen molar-refractivity contribution in [1.82, 2.24) is 0 Å². The molecule has 7 heteroatoms. The normalized spacial score (nSPS) is 10.7. The standard InChI is InChI=1S/C26H22O7/c1-15-10-16(2)12-18(11-15)32-23-14-31-22-13-17(8-9-19(22)25(23)27)33-26(28)24-20(29-3)6-5-7-21(24)30-4/h5-14H,1-4H3. The number of rotatable bonds is 6. The Balaban J connectivity index is 1.63. The maximum atomic E-state index is 12.9. The van der Waals surface area contributed by atoms with Gasteiger partial charge in [0.15, 0.2) is 0 Å². The fraction of sp³-hybridized carbons (Fsp3) is 0.154. The minimum atomic E-state index is -0.666. The van der Waals surface area contributed by atoms with Crippen LogP contribution in [0.1, 0.15) is 21.5 Å². The Morgan fingerprint density at radius 2 is 1.48 bits per heavy atom. The van der Waals surface area contributed by atoms with Crippen molar-refractivity contribution in [2.45, 2.75) is 13.8 Å². The zero-order valence-electron chi connectivity index (χ0n) is 18.6. The maximum absolute atomic E-state index is 12.9. The monoisotopic (exact) mass is 446 g/mol. The zero-order chi connectivity index (χ0) is 23.5. The van der Waals surface area contributed by atoms with Crippen LogP contribution in [-0.2, 0) is 0 Å². The second-order valence-corrected chi connectivity index (χ2v) is 7.44. The van der Waals surface area contributed by atoms with Gasteiger partial charge in [-0.15, -0.1) is 0 Å². The van der Waals surface area contributed by atoms with Crippen LogP contribution in [0.3, 0.4) is 0 Å². The largest absolute Gasteiger partial charge is 0.496 e. The molecular weight excluding hydrogens is 424 g/mol. The number of methoxy groups -OCH3 is 2. The Morgan fingerprint density at radius 3 is 2.12 bits per heavy atom. The van der Waals surface area contributed by atoms with E-state index in [1.54, 1.807) is 18.2 Å². The molecule has 0 saturated carbocycles. The van der Waals surface area contributed by atoms with Crippen LogP contribution in [0.5, 0.6) is 28.7 Å². The molecule has 0 unspecified atom stereocenters. The van der Waals surface area contributed by atoms with Gasteiger partial charge in [0.2, 0.25) is 11.2 Å². The van der Waals surface area contributed by atoms with Crippen LogP contribution in [0.15, 0.2) is 70.1 Å². The van der Waals surface area contributed by atoms with Crippen LogP contribution in [0.2, 0.25) is 0 Å². The Kier molecular flexibility index (Phi) is 6.04. The Bertz CT molecular complexity index is 1360. The molecule has 7 nitrogen and oxygen atoms in total. The summed E-state index contributed by atoms with van der Waals surface area (Å²) in [6, 6.07) is 15.2. The Morgan fingerprint density at radius 1 is 0.818 bits per heavy atom. The summed E-state index contributed by atoms with van der Waals surface area (Å²) >= 11 is 0. The average molecular weight is 446 g/mol. The summed E-state index contributed by atoms with van der Waals surface area (Å²) in [5, 5.41) is 0.298. The van der Waals surface area contributed by atoms with Gasteiger partial charge in [0, 0.05) is 6.07 Å². The molecule has 0 N–H and O–H groups in total. The third-order valence-corrected chi connectivity index (χ3v) is 4.98. The molecule has 0 aliphatic carbocycles. The van der Waals surface area contributed by atoms with Gasteiger partial charge >= 0.3 is 5.97 Å². The van der Waals surface area contributed by atoms with Crippen molar-refractivity contribution < 1.29 is 28.2 Å². The third kappa shape index (κ3) is 4.52. The van der Waals surface area contributed by atoms with E-state index in [0.717, 1.165) is 11.1 Å². The van der Waals surface area contributed by atoms with Crippen molar-refractivity contribution in [2.24, 2.45) is 0 Å². The first kappa shape index (κ1) is 22.0. The molecule has 1 aromatic heterocycles. The highest BCUT2D eigenvalue weighted by atomic mass is 16.5. The van der Waals surface area contributed by atoms with Crippen LogP contribution in [0.4, 0.5) is 0 Å². The summed E-state index contributed by atoms with van der Waals surface area (Å²) in [6.07, 6.45) is 1.25. The number of esters is 1. The highest BCUT2D eigenvalue weighted by Gasteiger charge is 2.21. The van der Waals surface area contributed by atoms with E-state index in [-0.39, 0.29) is 28.1 Å². The van der Waals surface area contributed by atoms with Gasteiger partial charge in [-0.1, -0.05) is 12.1 Å². The van der Waals surface area contributed by atoms with Gasteiger partial charge in [0.25, 0.3) is 0 Å². The molecule has 0 bridgehead atoms. The molecule has 168 valence electrons. The lowest BCUT2D eigenvalue weighted by Gasteiger charge is -2.12. The number of carbonyl (C=O) groups is 1. The Hall–Kier alpha value is -4.26. The second kappa shape index (κ2) is 9.08. The van der Waals surface area contributed by atoms with Gasteiger partial charge in [-0.2, -0.15) is 0 Å². The van der Waals surface area contributed by atoms with E-state index in [0.29, 0.717) is 22.6 Å². The molecule has 0 saturated heterocycles. The second-order valence-electron chi connectivity index (χ2n) is 7.44.